The molecule has 114 valence electrons. The number of ether oxygens (including phenoxy) is 2. The van der Waals surface area contributed by atoms with Crippen LogP contribution in [0, 0.1) is 0 Å². The lowest BCUT2D eigenvalue weighted by Gasteiger charge is -2.24. The van der Waals surface area contributed by atoms with Crippen molar-refractivity contribution >= 4 is 15.9 Å². The Labute approximate surface area is 131 Å². The van der Waals surface area contributed by atoms with Gasteiger partial charge >= 0.3 is 0 Å². The Balaban J connectivity index is 2.66. The normalized spacial score (nSPS) is 14.5. The van der Waals surface area contributed by atoms with E-state index in [4.69, 9.17) is 9.47 Å². The molecule has 0 saturated carbocycles. The summed E-state index contributed by atoms with van der Waals surface area (Å²) in [5.41, 5.74) is 1.18. The van der Waals surface area contributed by atoms with Crippen LogP contribution in [0.1, 0.15) is 39.4 Å². The summed E-state index contributed by atoms with van der Waals surface area (Å²) in [5, 5.41) is 3.44. The fraction of sp³-hybridized carbons (Fsp3) is 0.625. The maximum atomic E-state index is 6.13. The lowest BCUT2D eigenvalue weighted by atomic mass is 10.1. The molecule has 0 bridgehead atoms. The largest absolute Gasteiger partial charge is 0.379 e. The molecule has 0 spiro atoms. The molecule has 0 aliphatic rings. The Hall–Kier alpha value is -0.420. The van der Waals surface area contributed by atoms with Gasteiger partial charge in [-0.25, -0.2) is 0 Å². The van der Waals surface area contributed by atoms with Crippen molar-refractivity contribution in [1.29, 1.82) is 0 Å². The number of benzene rings is 1. The van der Waals surface area contributed by atoms with Crippen molar-refractivity contribution in [1.82, 2.24) is 5.32 Å². The maximum Gasteiger partial charge on any atom is 0.0954 e. The third kappa shape index (κ3) is 6.84. The fourth-order valence-corrected chi connectivity index (χ4v) is 2.13. The summed E-state index contributed by atoms with van der Waals surface area (Å²) in [6.45, 7) is 10.5. The highest BCUT2D eigenvalue weighted by Crippen LogP contribution is 2.21. The summed E-state index contributed by atoms with van der Waals surface area (Å²) in [6, 6.07) is 8.75. The van der Waals surface area contributed by atoms with Gasteiger partial charge in [-0.15, -0.1) is 0 Å². The second kappa shape index (κ2) is 9.50. The van der Waals surface area contributed by atoms with Crippen molar-refractivity contribution in [2.45, 2.75) is 45.9 Å². The summed E-state index contributed by atoms with van der Waals surface area (Å²) in [5.74, 6) is 0. The van der Waals surface area contributed by atoms with Gasteiger partial charge < -0.3 is 14.8 Å². The minimum atomic E-state index is 0.0426. The van der Waals surface area contributed by atoms with Gasteiger partial charge in [0.25, 0.3) is 0 Å². The van der Waals surface area contributed by atoms with E-state index in [0.717, 1.165) is 17.6 Å². The second-order valence-electron chi connectivity index (χ2n) is 5.21. The van der Waals surface area contributed by atoms with Gasteiger partial charge in [0, 0.05) is 23.7 Å². The van der Waals surface area contributed by atoms with Gasteiger partial charge in [-0.2, -0.15) is 0 Å². The van der Waals surface area contributed by atoms with Gasteiger partial charge in [-0.3, -0.25) is 0 Å². The quantitative estimate of drug-likeness (QED) is 0.736. The Kier molecular flexibility index (Phi) is 8.38. The molecular weight excluding hydrogens is 318 g/mol. The fourth-order valence-electron chi connectivity index (χ4n) is 1.87. The van der Waals surface area contributed by atoms with Crippen LogP contribution in [0.3, 0.4) is 0 Å². The standard InChI is InChI=1S/C16H26BrNO2/c1-5-19-11-13(4)20-16(10-18-12(2)3)14-6-8-15(17)9-7-14/h6-9,12-13,16,18H,5,10-11H2,1-4H3. The highest BCUT2D eigenvalue weighted by atomic mass is 79.9. The number of nitrogens with one attached hydrogen (secondary N) is 1. The van der Waals surface area contributed by atoms with E-state index >= 15 is 0 Å². The van der Waals surface area contributed by atoms with Crippen molar-refractivity contribution in [2.24, 2.45) is 0 Å². The monoisotopic (exact) mass is 343 g/mol. The SMILES string of the molecule is CCOCC(C)OC(CNC(C)C)c1ccc(Br)cc1. The van der Waals surface area contributed by atoms with Crippen molar-refractivity contribution in [3.8, 4) is 0 Å². The van der Waals surface area contributed by atoms with Gasteiger partial charge in [0.15, 0.2) is 0 Å². The summed E-state index contributed by atoms with van der Waals surface area (Å²) in [4.78, 5) is 0. The summed E-state index contributed by atoms with van der Waals surface area (Å²) >= 11 is 3.47. The first-order valence-electron chi connectivity index (χ1n) is 7.25. The molecule has 0 amide bonds. The number of hydrogen-bond acceptors (Lipinski definition) is 3. The molecule has 1 rings (SSSR count). The van der Waals surface area contributed by atoms with Crippen LogP contribution in [-0.4, -0.2) is 31.9 Å². The van der Waals surface area contributed by atoms with Gasteiger partial charge in [0.05, 0.1) is 18.8 Å². The van der Waals surface area contributed by atoms with Gasteiger partial charge in [0.1, 0.15) is 0 Å². The zero-order valence-electron chi connectivity index (χ0n) is 12.9. The van der Waals surface area contributed by atoms with Crippen LogP contribution < -0.4 is 5.32 Å². The number of rotatable bonds is 9. The van der Waals surface area contributed by atoms with Gasteiger partial charge in [-0.05, 0) is 31.5 Å². The van der Waals surface area contributed by atoms with E-state index in [2.05, 4.69) is 54.2 Å². The molecule has 2 unspecified atom stereocenters. The topological polar surface area (TPSA) is 30.5 Å². The molecule has 4 heteroatoms. The van der Waals surface area contributed by atoms with Crippen LogP contribution in [0.25, 0.3) is 0 Å². The summed E-state index contributed by atoms with van der Waals surface area (Å²) < 4.78 is 12.6. The van der Waals surface area contributed by atoms with E-state index in [1.165, 1.54) is 5.56 Å². The van der Waals surface area contributed by atoms with E-state index in [1.54, 1.807) is 0 Å². The van der Waals surface area contributed by atoms with Crippen molar-refractivity contribution in [3.05, 3.63) is 34.3 Å². The Morgan fingerprint density at radius 3 is 2.35 bits per heavy atom. The molecule has 0 fully saturated rings. The highest BCUT2D eigenvalue weighted by molar-refractivity contribution is 9.10. The Morgan fingerprint density at radius 2 is 1.80 bits per heavy atom. The minimum Gasteiger partial charge on any atom is -0.379 e. The average Bonchev–Trinajstić information content (AvgIpc) is 2.42. The highest BCUT2D eigenvalue weighted by Gasteiger charge is 2.16. The van der Waals surface area contributed by atoms with Crippen LogP contribution in [0.5, 0.6) is 0 Å². The molecule has 20 heavy (non-hydrogen) atoms. The summed E-state index contributed by atoms with van der Waals surface area (Å²) in [6.07, 6.45) is 0.124. The molecular formula is C16H26BrNO2. The van der Waals surface area contributed by atoms with Crippen LogP contribution >= 0.6 is 15.9 Å². The first-order valence-corrected chi connectivity index (χ1v) is 8.04. The molecule has 1 aromatic carbocycles. The number of halogens is 1. The van der Waals surface area contributed by atoms with E-state index in [-0.39, 0.29) is 12.2 Å². The van der Waals surface area contributed by atoms with Gasteiger partial charge in [0.2, 0.25) is 0 Å². The van der Waals surface area contributed by atoms with E-state index in [9.17, 15) is 0 Å². The van der Waals surface area contributed by atoms with Crippen molar-refractivity contribution < 1.29 is 9.47 Å². The predicted molar refractivity (Wildman–Crippen MR) is 87.1 cm³/mol. The second-order valence-corrected chi connectivity index (χ2v) is 6.12. The van der Waals surface area contributed by atoms with Crippen LogP contribution in [0.4, 0.5) is 0 Å². The van der Waals surface area contributed by atoms with Crippen LogP contribution in [0.2, 0.25) is 0 Å². The lowest BCUT2D eigenvalue weighted by Crippen LogP contribution is -2.31. The molecule has 1 aromatic rings. The third-order valence-corrected chi connectivity index (χ3v) is 3.44. The number of hydrogen-bond donors (Lipinski definition) is 1. The van der Waals surface area contributed by atoms with E-state index < -0.39 is 0 Å². The van der Waals surface area contributed by atoms with Crippen molar-refractivity contribution in [3.63, 3.8) is 0 Å². The first kappa shape index (κ1) is 17.6. The lowest BCUT2D eigenvalue weighted by molar-refractivity contribution is -0.0475. The molecule has 0 aliphatic carbocycles. The molecule has 0 saturated heterocycles. The minimum absolute atomic E-state index is 0.0426. The molecule has 0 aromatic heterocycles. The zero-order chi connectivity index (χ0) is 15.0. The molecule has 1 N–H and O–H groups in total. The van der Waals surface area contributed by atoms with E-state index in [1.807, 2.05) is 19.1 Å². The first-order chi connectivity index (χ1) is 9.52. The maximum absolute atomic E-state index is 6.13. The summed E-state index contributed by atoms with van der Waals surface area (Å²) in [7, 11) is 0. The molecule has 2 atom stereocenters. The molecule has 0 heterocycles. The van der Waals surface area contributed by atoms with Crippen LogP contribution in [0.15, 0.2) is 28.7 Å². The predicted octanol–water partition coefficient (Wildman–Crippen LogP) is 3.93. The third-order valence-electron chi connectivity index (χ3n) is 2.91. The Bertz CT molecular complexity index is 367. The smallest absolute Gasteiger partial charge is 0.0954 e. The molecule has 0 radical (unpaired) electrons. The van der Waals surface area contributed by atoms with E-state index in [0.29, 0.717) is 12.6 Å². The molecule has 0 aliphatic heterocycles. The average molecular weight is 344 g/mol. The van der Waals surface area contributed by atoms with Crippen LogP contribution in [-0.2, 0) is 9.47 Å². The van der Waals surface area contributed by atoms with Crippen molar-refractivity contribution in [2.75, 3.05) is 19.8 Å². The zero-order valence-corrected chi connectivity index (χ0v) is 14.4. The Morgan fingerprint density at radius 1 is 1.15 bits per heavy atom. The van der Waals surface area contributed by atoms with Gasteiger partial charge in [-0.1, -0.05) is 41.9 Å². The molecule has 3 nitrogen and oxygen atoms in total.